The zero-order chi connectivity index (χ0) is 14.0. The maximum Gasteiger partial charge on any atom is 0.309 e. The van der Waals surface area contributed by atoms with Crippen molar-refractivity contribution in [3.63, 3.8) is 0 Å². The van der Waals surface area contributed by atoms with E-state index in [1.165, 1.54) is 0 Å². The van der Waals surface area contributed by atoms with Gasteiger partial charge >= 0.3 is 5.97 Å². The lowest BCUT2D eigenvalue weighted by Crippen LogP contribution is -2.60. The Morgan fingerprint density at radius 2 is 2.05 bits per heavy atom. The summed E-state index contributed by atoms with van der Waals surface area (Å²) < 4.78 is 5.72. The minimum Gasteiger partial charge on any atom is -0.461 e. The number of aliphatic hydroxyl groups excluding tert-OH is 1. The summed E-state index contributed by atoms with van der Waals surface area (Å²) in [6.45, 7) is 10.5. The molecule has 1 heterocycles. The summed E-state index contributed by atoms with van der Waals surface area (Å²) in [5.74, 6) is 0.194. The number of aliphatic hydroxyl groups is 1. The predicted octanol–water partition coefficient (Wildman–Crippen LogP) is 2.68. The van der Waals surface area contributed by atoms with Crippen LogP contribution in [0.3, 0.4) is 0 Å². The van der Waals surface area contributed by atoms with Crippen LogP contribution in [0, 0.1) is 22.7 Å². The van der Waals surface area contributed by atoms with E-state index >= 15 is 0 Å². The van der Waals surface area contributed by atoms with E-state index in [1.807, 2.05) is 6.92 Å². The minimum atomic E-state index is -0.321. The highest BCUT2D eigenvalue weighted by Gasteiger charge is 2.65. The van der Waals surface area contributed by atoms with Crippen LogP contribution >= 0.6 is 0 Å². The van der Waals surface area contributed by atoms with E-state index in [0.717, 1.165) is 31.3 Å². The first-order valence-electron chi connectivity index (χ1n) is 7.39. The fourth-order valence-corrected chi connectivity index (χ4v) is 4.76. The number of carbonyl (C=O) groups is 1. The summed E-state index contributed by atoms with van der Waals surface area (Å²) in [5.41, 5.74) is 0.652. The van der Waals surface area contributed by atoms with Crippen LogP contribution in [0.2, 0.25) is 0 Å². The molecule has 0 amide bonds. The average Bonchev–Trinajstić information content (AvgIpc) is 2.66. The van der Waals surface area contributed by atoms with Gasteiger partial charge in [0.15, 0.2) is 0 Å². The summed E-state index contributed by atoms with van der Waals surface area (Å²) in [7, 11) is 0. The van der Waals surface area contributed by atoms with Gasteiger partial charge in [0.25, 0.3) is 0 Å². The summed E-state index contributed by atoms with van der Waals surface area (Å²) >= 11 is 0. The Bertz CT molecular complexity index is 443. The largest absolute Gasteiger partial charge is 0.461 e. The molecule has 0 aromatic heterocycles. The van der Waals surface area contributed by atoms with Gasteiger partial charge in [-0.1, -0.05) is 32.9 Å². The van der Waals surface area contributed by atoms with Crippen molar-refractivity contribution in [2.45, 2.75) is 58.7 Å². The van der Waals surface area contributed by atoms with Crippen LogP contribution in [0.4, 0.5) is 0 Å². The van der Waals surface area contributed by atoms with Crippen molar-refractivity contribution in [1.29, 1.82) is 0 Å². The van der Waals surface area contributed by atoms with Gasteiger partial charge in [-0.25, -0.2) is 0 Å². The van der Waals surface area contributed by atoms with E-state index < -0.39 is 0 Å². The summed E-state index contributed by atoms with van der Waals surface area (Å²) in [4.78, 5) is 11.9. The molecule has 6 unspecified atom stereocenters. The molecule has 1 aliphatic heterocycles. The van der Waals surface area contributed by atoms with Crippen LogP contribution in [0.5, 0.6) is 0 Å². The van der Waals surface area contributed by atoms with E-state index in [1.54, 1.807) is 0 Å². The quantitative estimate of drug-likeness (QED) is 0.540. The number of rotatable bonds is 0. The lowest BCUT2D eigenvalue weighted by atomic mass is 9.46. The molecule has 3 rings (SSSR count). The Balaban J connectivity index is 2.08. The zero-order valence-electron chi connectivity index (χ0n) is 12.1. The van der Waals surface area contributed by atoms with Gasteiger partial charge in [0.05, 0.1) is 12.0 Å². The van der Waals surface area contributed by atoms with Gasteiger partial charge < -0.3 is 9.84 Å². The fraction of sp³-hybridized carbons (Fsp3) is 0.812. The predicted molar refractivity (Wildman–Crippen MR) is 72.4 cm³/mol. The molecule has 6 atom stereocenters. The Morgan fingerprint density at radius 3 is 2.74 bits per heavy atom. The van der Waals surface area contributed by atoms with E-state index in [9.17, 15) is 9.90 Å². The van der Waals surface area contributed by atoms with Gasteiger partial charge in [0, 0.05) is 16.7 Å². The van der Waals surface area contributed by atoms with Crippen molar-refractivity contribution < 1.29 is 14.6 Å². The Morgan fingerprint density at radius 1 is 1.37 bits per heavy atom. The molecule has 1 saturated heterocycles. The number of fused-ring (bicyclic) bond motifs is 3. The molecule has 3 aliphatic rings. The van der Waals surface area contributed by atoms with Crippen LogP contribution < -0.4 is 0 Å². The third-order valence-electron chi connectivity index (χ3n) is 6.59. The molecule has 3 fully saturated rings. The lowest BCUT2D eigenvalue weighted by Gasteiger charge is -2.60. The van der Waals surface area contributed by atoms with Crippen molar-refractivity contribution in [2.75, 3.05) is 0 Å². The van der Waals surface area contributed by atoms with Crippen molar-refractivity contribution in [3.8, 4) is 0 Å². The third-order valence-corrected chi connectivity index (χ3v) is 6.59. The normalized spacial score (nSPS) is 53.5. The molecule has 0 aromatic carbocycles. The highest BCUT2D eigenvalue weighted by molar-refractivity contribution is 5.75. The van der Waals surface area contributed by atoms with Crippen LogP contribution in [-0.4, -0.2) is 23.3 Å². The number of esters is 1. The van der Waals surface area contributed by atoms with E-state index in [4.69, 9.17) is 4.74 Å². The second-order valence-electron chi connectivity index (χ2n) is 7.13. The Hall–Kier alpha value is -0.830. The Labute approximate surface area is 115 Å². The summed E-state index contributed by atoms with van der Waals surface area (Å²) in [6, 6.07) is 0. The van der Waals surface area contributed by atoms with E-state index in [0.29, 0.717) is 0 Å². The molecule has 0 spiro atoms. The fourth-order valence-electron chi connectivity index (χ4n) is 4.76. The molecule has 3 heteroatoms. The molecular formula is C16H24O3. The van der Waals surface area contributed by atoms with Gasteiger partial charge in [-0.05, 0) is 25.7 Å². The van der Waals surface area contributed by atoms with Gasteiger partial charge in [0.2, 0.25) is 0 Å². The van der Waals surface area contributed by atoms with Crippen molar-refractivity contribution in [3.05, 3.63) is 12.2 Å². The topological polar surface area (TPSA) is 46.5 Å². The lowest BCUT2D eigenvalue weighted by molar-refractivity contribution is -0.172. The molecule has 106 valence electrons. The van der Waals surface area contributed by atoms with Gasteiger partial charge in [-0.2, -0.15) is 0 Å². The minimum absolute atomic E-state index is 0.0155. The van der Waals surface area contributed by atoms with Crippen LogP contribution in [0.1, 0.15) is 46.5 Å². The van der Waals surface area contributed by atoms with Crippen molar-refractivity contribution in [1.82, 2.24) is 0 Å². The molecular weight excluding hydrogens is 240 g/mol. The third kappa shape index (κ3) is 1.40. The molecule has 3 nitrogen and oxygen atoms in total. The van der Waals surface area contributed by atoms with Crippen LogP contribution in [0.25, 0.3) is 0 Å². The second kappa shape index (κ2) is 3.85. The highest BCUT2D eigenvalue weighted by atomic mass is 16.6. The molecule has 0 radical (unpaired) electrons. The molecule has 2 saturated carbocycles. The van der Waals surface area contributed by atoms with E-state index in [-0.39, 0.29) is 40.8 Å². The maximum absolute atomic E-state index is 11.9. The molecule has 2 aliphatic carbocycles. The summed E-state index contributed by atoms with van der Waals surface area (Å²) in [5, 5.41) is 10.5. The maximum atomic E-state index is 11.9. The first-order chi connectivity index (χ1) is 8.82. The number of ether oxygens (including phenoxy) is 1. The number of hydrogen-bond donors (Lipinski definition) is 1. The molecule has 0 aromatic rings. The van der Waals surface area contributed by atoms with Gasteiger partial charge in [0.1, 0.15) is 6.10 Å². The Kier molecular flexibility index (Phi) is 2.66. The van der Waals surface area contributed by atoms with Crippen molar-refractivity contribution in [2.24, 2.45) is 22.7 Å². The van der Waals surface area contributed by atoms with Crippen LogP contribution in [0.15, 0.2) is 12.2 Å². The average molecular weight is 264 g/mol. The smallest absolute Gasteiger partial charge is 0.309 e. The first-order valence-corrected chi connectivity index (χ1v) is 7.39. The highest BCUT2D eigenvalue weighted by Crippen LogP contribution is 2.64. The molecule has 19 heavy (non-hydrogen) atoms. The first kappa shape index (κ1) is 13.2. The summed E-state index contributed by atoms with van der Waals surface area (Å²) in [6.07, 6.45) is 3.11. The SMILES string of the molecule is C=C1CCC(O)C2(C)CCC3C(C)C(=O)OC3C12C. The van der Waals surface area contributed by atoms with Crippen molar-refractivity contribution >= 4 is 5.97 Å². The zero-order valence-corrected chi connectivity index (χ0v) is 12.1. The molecule has 1 N–H and O–H groups in total. The molecule has 0 bridgehead atoms. The van der Waals surface area contributed by atoms with Gasteiger partial charge in [-0.15, -0.1) is 0 Å². The van der Waals surface area contributed by atoms with Crippen LogP contribution in [-0.2, 0) is 9.53 Å². The number of carbonyl (C=O) groups excluding carboxylic acids is 1. The standard InChI is InChI=1S/C16H24O3/c1-9-5-6-12(17)15(3)8-7-11-10(2)14(18)19-13(11)16(9,15)4/h10-13,17H,1,5-8H2,2-4H3. The second-order valence-corrected chi connectivity index (χ2v) is 7.13. The van der Waals surface area contributed by atoms with E-state index in [2.05, 4.69) is 20.4 Å². The number of hydrogen-bond acceptors (Lipinski definition) is 3. The van der Waals surface area contributed by atoms with Gasteiger partial charge in [-0.3, -0.25) is 4.79 Å². The monoisotopic (exact) mass is 264 g/mol.